The van der Waals surface area contributed by atoms with Crippen LogP contribution in [0, 0.1) is 4.77 Å². The van der Waals surface area contributed by atoms with E-state index >= 15 is 0 Å². The number of aromatic nitrogens is 3. The molecule has 1 aromatic carbocycles. The monoisotopic (exact) mass is 430 g/mol. The van der Waals surface area contributed by atoms with Crippen LogP contribution in [0.25, 0.3) is 11.0 Å². The first-order chi connectivity index (χ1) is 12.5. The van der Waals surface area contributed by atoms with E-state index in [9.17, 15) is 9.18 Å². The topological polar surface area (TPSA) is 88.8 Å². The van der Waals surface area contributed by atoms with Crippen LogP contribution in [-0.4, -0.2) is 27.7 Å². The molecule has 0 saturated carbocycles. The molecule has 0 bridgehead atoms. The lowest BCUT2D eigenvalue weighted by atomic mass is 10.2. The average molecular weight is 431 g/mol. The molecule has 0 unspecified atom stereocenters. The van der Waals surface area contributed by atoms with Gasteiger partial charge in [-0.05, 0) is 29.9 Å². The number of fused-ring (bicyclic) bond motifs is 1. The second-order valence-corrected chi connectivity index (χ2v) is 6.34. The Morgan fingerprint density at radius 1 is 1.41 bits per heavy atom. The highest BCUT2D eigenvalue weighted by molar-refractivity contribution is 7.71. The molecule has 0 amide bonds. The van der Waals surface area contributed by atoms with Crippen molar-refractivity contribution in [2.45, 2.75) is 6.54 Å². The second-order valence-electron chi connectivity index (χ2n) is 5.57. The van der Waals surface area contributed by atoms with Gasteiger partial charge in [-0.2, -0.15) is 0 Å². The highest BCUT2D eigenvalue weighted by Gasteiger charge is 2.12. The van der Waals surface area contributed by atoms with Crippen molar-refractivity contribution in [2.24, 2.45) is 5.73 Å². The first-order valence-corrected chi connectivity index (χ1v) is 8.52. The molecule has 2 aromatic heterocycles. The van der Waals surface area contributed by atoms with Crippen LogP contribution in [0.1, 0.15) is 5.56 Å². The lowest BCUT2D eigenvalue weighted by Crippen LogP contribution is -2.15. The van der Waals surface area contributed by atoms with Gasteiger partial charge in [-0.15, -0.1) is 12.4 Å². The molecule has 144 valence electrons. The molecule has 10 heteroatoms. The van der Waals surface area contributed by atoms with Crippen LogP contribution in [0.2, 0.25) is 5.02 Å². The van der Waals surface area contributed by atoms with E-state index in [2.05, 4.69) is 9.97 Å². The summed E-state index contributed by atoms with van der Waals surface area (Å²) in [5.41, 5.74) is 7.32. The van der Waals surface area contributed by atoms with Crippen molar-refractivity contribution < 1.29 is 9.13 Å². The predicted molar refractivity (Wildman–Crippen MR) is 109 cm³/mol. The van der Waals surface area contributed by atoms with Crippen LogP contribution in [0.15, 0.2) is 47.2 Å². The molecule has 2 heterocycles. The normalized spacial score (nSPS) is 11.4. The van der Waals surface area contributed by atoms with E-state index in [0.29, 0.717) is 40.3 Å². The minimum atomic E-state index is -0.276. The summed E-state index contributed by atoms with van der Waals surface area (Å²) in [6.45, 7) is 0.408. The van der Waals surface area contributed by atoms with Gasteiger partial charge in [0.05, 0.1) is 23.4 Å². The van der Waals surface area contributed by atoms with E-state index in [1.807, 2.05) is 6.07 Å². The molecular formula is C17H17Cl2FN4O2S. The Labute approximate surface area is 170 Å². The molecule has 0 saturated heterocycles. The summed E-state index contributed by atoms with van der Waals surface area (Å²) in [7, 11) is 0. The van der Waals surface area contributed by atoms with Crippen LogP contribution in [-0.2, 0) is 6.54 Å². The molecule has 6 nitrogen and oxygen atoms in total. The zero-order chi connectivity index (χ0) is 18.7. The number of benzene rings is 1. The molecule has 0 fully saturated rings. The number of hydrogen-bond acceptors (Lipinski definition) is 4. The fourth-order valence-corrected chi connectivity index (χ4v) is 3.02. The highest BCUT2D eigenvalue weighted by atomic mass is 35.5. The molecule has 27 heavy (non-hydrogen) atoms. The first-order valence-electron chi connectivity index (χ1n) is 7.73. The van der Waals surface area contributed by atoms with E-state index in [4.69, 9.17) is 34.3 Å². The molecule has 0 atom stereocenters. The molecule has 4 N–H and O–H groups in total. The lowest BCUT2D eigenvalue weighted by molar-refractivity contribution is 0.347. The third-order valence-corrected chi connectivity index (χ3v) is 4.66. The molecule has 0 radical (unpaired) electrons. The quantitative estimate of drug-likeness (QED) is 0.520. The van der Waals surface area contributed by atoms with Crippen molar-refractivity contribution in [1.82, 2.24) is 14.5 Å². The summed E-state index contributed by atoms with van der Waals surface area (Å²) in [6, 6.07) is 7.07. The Hall–Kier alpha value is -2.13. The number of ether oxygens (including phenoxy) is 1. The van der Waals surface area contributed by atoms with Crippen LogP contribution in [0.4, 0.5) is 4.39 Å². The highest BCUT2D eigenvalue weighted by Crippen LogP contribution is 2.29. The van der Waals surface area contributed by atoms with Gasteiger partial charge >= 0.3 is 0 Å². The predicted octanol–water partition coefficient (Wildman–Crippen LogP) is 3.70. The molecule has 0 spiro atoms. The van der Waals surface area contributed by atoms with Crippen LogP contribution in [0.3, 0.4) is 0 Å². The maximum Gasteiger partial charge on any atom is 0.276 e. The molecule has 3 rings (SSSR count). The van der Waals surface area contributed by atoms with Crippen molar-refractivity contribution in [2.75, 3.05) is 13.2 Å². The first kappa shape index (κ1) is 21.2. The number of hydrogen-bond donors (Lipinski definition) is 3. The number of H-pyrrole nitrogens is 2. The zero-order valence-corrected chi connectivity index (χ0v) is 16.4. The van der Waals surface area contributed by atoms with Gasteiger partial charge in [-0.25, -0.2) is 4.39 Å². The molecule has 0 aliphatic rings. The average Bonchev–Trinajstić information content (AvgIpc) is 3.12. The lowest BCUT2D eigenvalue weighted by Gasteiger charge is -2.14. The Morgan fingerprint density at radius 2 is 2.19 bits per heavy atom. The number of rotatable bonds is 6. The van der Waals surface area contributed by atoms with Crippen LogP contribution in [0.5, 0.6) is 5.75 Å². The summed E-state index contributed by atoms with van der Waals surface area (Å²) in [4.78, 5) is 17.5. The number of nitrogens with zero attached hydrogens (tertiary/aromatic N) is 1. The second kappa shape index (κ2) is 9.18. The van der Waals surface area contributed by atoms with Gasteiger partial charge in [0.25, 0.3) is 5.56 Å². The SMILES string of the molecule is Cl.NC/C(=C\F)COc1cccc(Cn2c(=S)[nH]c(=O)c3[nH]ccc32)c1Cl. The Kier molecular flexibility index (Phi) is 7.20. The van der Waals surface area contributed by atoms with Crippen molar-refractivity contribution in [3.8, 4) is 5.75 Å². The maximum absolute atomic E-state index is 12.6. The minimum absolute atomic E-state index is 0. The van der Waals surface area contributed by atoms with Gasteiger partial charge in [-0.1, -0.05) is 23.7 Å². The molecule has 0 aliphatic carbocycles. The van der Waals surface area contributed by atoms with Crippen molar-refractivity contribution >= 4 is 47.3 Å². The van der Waals surface area contributed by atoms with Crippen molar-refractivity contribution in [1.29, 1.82) is 0 Å². The summed E-state index contributed by atoms with van der Waals surface area (Å²) in [6.07, 6.45) is 2.10. The van der Waals surface area contributed by atoms with Gasteiger partial charge in [-0.3, -0.25) is 9.78 Å². The number of halogens is 3. The fourth-order valence-electron chi connectivity index (χ4n) is 2.53. The maximum atomic E-state index is 12.6. The third kappa shape index (κ3) is 4.41. The number of nitrogens with one attached hydrogen (secondary N) is 2. The van der Waals surface area contributed by atoms with Gasteiger partial charge in [0.15, 0.2) is 4.77 Å². The Balaban J connectivity index is 0.00000261. The number of nitrogens with two attached hydrogens (primary N) is 1. The van der Waals surface area contributed by atoms with Crippen molar-refractivity contribution in [3.05, 3.63) is 68.1 Å². The summed E-state index contributed by atoms with van der Waals surface area (Å²) in [5, 5.41) is 0.388. The van der Waals surface area contributed by atoms with E-state index in [1.165, 1.54) is 0 Å². The van der Waals surface area contributed by atoms with E-state index < -0.39 is 0 Å². The molecular weight excluding hydrogens is 414 g/mol. The summed E-state index contributed by atoms with van der Waals surface area (Å²) >= 11 is 11.7. The third-order valence-electron chi connectivity index (χ3n) is 3.91. The van der Waals surface area contributed by atoms with Gasteiger partial charge in [0.1, 0.15) is 17.9 Å². The van der Waals surface area contributed by atoms with E-state index in [0.717, 1.165) is 5.56 Å². The largest absolute Gasteiger partial charge is 0.488 e. The summed E-state index contributed by atoms with van der Waals surface area (Å²) in [5.74, 6) is 0.415. The van der Waals surface area contributed by atoms with E-state index in [1.54, 1.807) is 29.0 Å². The Bertz CT molecular complexity index is 1090. The zero-order valence-electron chi connectivity index (χ0n) is 14.0. The molecule has 3 aromatic rings. The van der Waals surface area contributed by atoms with Crippen molar-refractivity contribution in [3.63, 3.8) is 0 Å². The van der Waals surface area contributed by atoms with Gasteiger partial charge in [0.2, 0.25) is 0 Å². The van der Waals surface area contributed by atoms with Crippen LogP contribution < -0.4 is 16.0 Å². The van der Waals surface area contributed by atoms with E-state index in [-0.39, 0.29) is 35.9 Å². The smallest absolute Gasteiger partial charge is 0.276 e. The summed E-state index contributed by atoms with van der Waals surface area (Å²) < 4.78 is 20.2. The van der Waals surface area contributed by atoms with Crippen LogP contribution >= 0.6 is 36.2 Å². The van der Waals surface area contributed by atoms with Gasteiger partial charge in [0, 0.05) is 18.3 Å². The number of aromatic amines is 2. The van der Waals surface area contributed by atoms with Gasteiger partial charge < -0.3 is 20.0 Å². The standard InChI is InChI=1S/C17H16ClFN4O2S.ClH/c18-14-11(2-1-3-13(14)25-9-10(6-19)7-20)8-23-12-4-5-21-15(12)16(24)22-17(23)26;/h1-6,21H,7-9,20H2,(H,22,24,26);1H/b10-6+;. The Morgan fingerprint density at radius 3 is 2.89 bits per heavy atom. The minimum Gasteiger partial charge on any atom is -0.488 e. The fraction of sp³-hybridized carbons (Fsp3) is 0.176. The molecule has 0 aliphatic heterocycles.